The first-order valence-electron chi connectivity index (χ1n) is 5.63. The molecule has 0 bridgehead atoms. The average Bonchev–Trinajstić information content (AvgIpc) is 2.36. The van der Waals surface area contributed by atoms with E-state index >= 15 is 0 Å². The van der Waals surface area contributed by atoms with Gasteiger partial charge in [-0.15, -0.1) is 0 Å². The Morgan fingerprint density at radius 3 is 2.65 bits per heavy atom. The molecule has 0 saturated heterocycles. The Labute approximate surface area is 101 Å². The van der Waals surface area contributed by atoms with Gasteiger partial charge in [0.2, 0.25) is 0 Å². The van der Waals surface area contributed by atoms with E-state index < -0.39 is 11.8 Å². The van der Waals surface area contributed by atoms with Crippen molar-refractivity contribution in [3.8, 4) is 5.75 Å². The Bertz CT molecular complexity index is 398. The summed E-state index contributed by atoms with van der Waals surface area (Å²) >= 11 is 0. The molecule has 0 unspecified atom stereocenters. The van der Waals surface area contributed by atoms with Gasteiger partial charge in [-0.1, -0.05) is 19.1 Å². The molecule has 17 heavy (non-hydrogen) atoms. The number of hydrogen-bond acceptors (Lipinski definition) is 4. The lowest BCUT2D eigenvalue weighted by atomic mass is 10.1. The fourth-order valence-corrected chi connectivity index (χ4v) is 1.26. The molecule has 0 aliphatic carbocycles. The summed E-state index contributed by atoms with van der Waals surface area (Å²) < 4.78 is 10.0. The zero-order valence-electron chi connectivity index (χ0n) is 10.1. The highest BCUT2D eigenvalue weighted by molar-refractivity contribution is 6.40. The smallest absolute Gasteiger partial charge is 0.379 e. The summed E-state index contributed by atoms with van der Waals surface area (Å²) in [6.45, 7) is 4.42. The van der Waals surface area contributed by atoms with Crippen molar-refractivity contribution in [2.75, 3.05) is 13.2 Å². The number of carbonyl (C=O) groups excluding carboxylic acids is 2. The number of benzene rings is 1. The van der Waals surface area contributed by atoms with Crippen molar-refractivity contribution in [3.63, 3.8) is 0 Å². The molecular weight excluding hydrogens is 220 g/mol. The average molecular weight is 236 g/mol. The van der Waals surface area contributed by atoms with Gasteiger partial charge < -0.3 is 9.47 Å². The first-order chi connectivity index (χ1) is 8.19. The molecule has 0 aromatic heterocycles. The van der Waals surface area contributed by atoms with Crippen LogP contribution < -0.4 is 4.74 Å². The van der Waals surface area contributed by atoms with Crippen LogP contribution in [0, 0.1) is 0 Å². The van der Waals surface area contributed by atoms with Crippen molar-refractivity contribution in [1.29, 1.82) is 0 Å². The number of carbonyl (C=O) groups is 2. The molecule has 4 heteroatoms. The lowest BCUT2D eigenvalue weighted by molar-refractivity contribution is -0.137. The van der Waals surface area contributed by atoms with Crippen molar-refractivity contribution in [1.82, 2.24) is 0 Å². The van der Waals surface area contributed by atoms with E-state index in [1.807, 2.05) is 6.92 Å². The Morgan fingerprint density at radius 1 is 1.24 bits per heavy atom. The minimum absolute atomic E-state index is 0.191. The second-order valence-electron chi connectivity index (χ2n) is 3.43. The van der Waals surface area contributed by atoms with Gasteiger partial charge in [-0.3, -0.25) is 4.79 Å². The van der Waals surface area contributed by atoms with Crippen LogP contribution in [0.2, 0.25) is 0 Å². The van der Waals surface area contributed by atoms with E-state index in [1.165, 1.54) is 0 Å². The van der Waals surface area contributed by atoms with E-state index in [2.05, 4.69) is 4.74 Å². The van der Waals surface area contributed by atoms with Gasteiger partial charge in [0.05, 0.1) is 13.2 Å². The van der Waals surface area contributed by atoms with Crippen molar-refractivity contribution < 1.29 is 19.1 Å². The van der Waals surface area contributed by atoms with E-state index in [4.69, 9.17) is 4.74 Å². The zero-order valence-corrected chi connectivity index (χ0v) is 10.1. The topological polar surface area (TPSA) is 52.6 Å². The number of Topliss-reactive ketones (excluding diaryl/α,β-unsaturated/α-hetero) is 1. The lowest BCUT2D eigenvalue weighted by Gasteiger charge is -2.06. The molecule has 0 fully saturated rings. The quantitative estimate of drug-likeness (QED) is 0.431. The first-order valence-corrected chi connectivity index (χ1v) is 5.63. The summed E-state index contributed by atoms with van der Waals surface area (Å²) in [5.41, 5.74) is 0.289. The normalized spacial score (nSPS) is 9.76. The summed E-state index contributed by atoms with van der Waals surface area (Å²) in [5, 5.41) is 0. The standard InChI is InChI=1S/C13H16O4/c1-3-8-17-11-7-5-6-10(9-11)12(14)13(15)16-4-2/h5-7,9H,3-4,8H2,1-2H3. The molecule has 0 aliphatic rings. The molecule has 0 radical (unpaired) electrons. The highest BCUT2D eigenvalue weighted by Gasteiger charge is 2.17. The Hall–Kier alpha value is -1.84. The third kappa shape index (κ3) is 3.90. The second kappa shape index (κ2) is 6.68. The highest BCUT2D eigenvalue weighted by Crippen LogP contribution is 2.14. The lowest BCUT2D eigenvalue weighted by Crippen LogP contribution is -2.17. The van der Waals surface area contributed by atoms with Crippen LogP contribution in [0.3, 0.4) is 0 Å². The van der Waals surface area contributed by atoms with Crippen molar-refractivity contribution >= 4 is 11.8 Å². The maximum atomic E-state index is 11.6. The maximum Gasteiger partial charge on any atom is 0.379 e. The number of hydrogen-bond donors (Lipinski definition) is 0. The van der Waals surface area contributed by atoms with Gasteiger partial charge in [-0.05, 0) is 25.5 Å². The fourth-order valence-electron chi connectivity index (χ4n) is 1.26. The molecule has 0 amide bonds. The first kappa shape index (κ1) is 13.2. The predicted molar refractivity (Wildman–Crippen MR) is 63.2 cm³/mol. The molecule has 92 valence electrons. The van der Waals surface area contributed by atoms with Crippen molar-refractivity contribution in [2.24, 2.45) is 0 Å². The van der Waals surface area contributed by atoms with Crippen LogP contribution in [-0.2, 0) is 9.53 Å². The van der Waals surface area contributed by atoms with Gasteiger partial charge in [0.15, 0.2) is 0 Å². The van der Waals surface area contributed by atoms with Crippen LogP contribution in [-0.4, -0.2) is 25.0 Å². The number of esters is 1. The molecule has 1 aromatic carbocycles. The van der Waals surface area contributed by atoms with Gasteiger partial charge in [0, 0.05) is 5.56 Å². The van der Waals surface area contributed by atoms with Crippen LogP contribution in [0.15, 0.2) is 24.3 Å². The molecule has 0 atom stereocenters. The summed E-state index contributed by atoms with van der Waals surface area (Å²) in [7, 11) is 0. The molecule has 0 heterocycles. The van der Waals surface area contributed by atoms with Gasteiger partial charge in [-0.2, -0.15) is 0 Å². The third-order valence-electron chi connectivity index (χ3n) is 2.03. The molecule has 0 spiro atoms. The molecule has 1 aromatic rings. The van der Waals surface area contributed by atoms with E-state index in [0.29, 0.717) is 12.4 Å². The van der Waals surface area contributed by atoms with Gasteiger partial charge in [0.1, 0.15) is 5.75 Å². The number of ether oxygens (including phenoxy) is 2. The Kier molecular flexibility index (Phi) is 5.20. The van der Waals surface area contributed by atoms with Crippen LogP contribution in [0.5, 0.6) is 5.75 Å². The SMILES string of the molecule is CCCOc1cccc(C(=O)C(=O)OCC)c1. The fraction of sp³-hybridized carbons (Fsp3) is 0.385. The zero-order chi connectivity index (χ0) is 12.7. The van der Waals surface area contributed by atoms with Gasteiger partial charge >= 0.3 is 5.97 Å². The number of ketones is 1. The summed E-state index contributed by atoms with van der Waals surface area (Å²) in [6.07, 6.45) is 0.885. The van der Waals surface area contributed by atoms with Crippen LogP contribution in [0.1, 0.15) is 30.6 Å². The number of rotatable bonds is 6. The predicted octanol–water partition coefficient (Wildman–Crippen LogP) is 2.22. The maximum absolute atomic E-state index is 11.6. The molecule has 0 aliphatic heterocycles. The summed E-state index contributed by atoms with van der Waals surface area (Å²) in [4.78, 5) is 22.9. The van der Waals surface area contributed by atoms with Gasteiger partial charge in [0.25, 0.3) is 5.78 Å². The van der Waals surface area contributed by atoms with E-state index in [0.717, 1.165) is 6.42 Å². The van der Waals surface area contributed by atoms with Crippen molar-refractivity contribution in [2.45, 2.75) is 20.3 Å². The monoisotopic (exact) mass is 236 g/mol. The Balaban J connectivity index is 2.76. The van der Waals surface area contributed by atoms with Crippen molar-refractivity contribution in [3.05, 3.63) is 29.8 Å². The highest BCUT2D eigenvalue weighted by atomic mass is 16.5. The van der Waals surface area contributed by atoms with Crippen LogP contribution >= 0.6 is 0 Å². The molecule has 1 rings (SSSR count). The van der Waals surface area contributed by atoms with Crippen LogP contribution in [0.4, 0.5) is 0 Å². The summed E-state index contributed by atoms with van der Waals surface area (Å²) in [6, 6.07) is 6.54. The molecular formula is C13H16O4. The molecule has 4 nitrogen and oxygen atoms in total. The Morgan fingerprint density at radius 2 is 2.00 bits per heavy atom. The minimum Gasteiger partial charge on any atom is -0.494 e. The van der Waals surface area contributed by atoms with E-state index in [1.54, 1.807) is 31.2 Å². The minimum atomic E-state index is -0.833. The third-order valence-corrected chi connectivity index (χ3v) is 2.03. The summed E-state index contributed by atoms with van der Waals surface area (Å²) in [5.74, 6) is -0.893. The molecule has 0 saturated carbocycles. The van der Waals surface area contributed by atoms with Gasteiger partial charge in [-0.25, -0.2) is 4.79 Å². The largest absolute Gasteiger partial charge is 0.494 e. The molecule has 0 N–H and O–H groups in total. The van der Waals surface area contributed by atoms with E-state index in [9.17, 15) is 9.59 Å². The van der Waals surface area contributed by atoms with Crippen LogP contribution in [0.25, 0.3) is 0 Å². The second-order valence-corrected chi connectivity index (χ2v) is 3.43. The van der Waals surface area contributed by atoms with E-state index in [-0.39, 0.29) is 12.2 Å².